The van der Waals surface area contributed by atoms with Gasteiger partial charge in [-0.15, -0.1) is 0 Å². The van der Waals surface area contributed by atoms with E-state index < -0.39 is 10.2 Å². The van der Waals surface area contributed by atoms with Crippen molar-refractivity contribution in [2.45, 2.75) is 0 Å². The number of benzene rings is 1. The Morgan fingerprint density at radius 1 is 0.840 bits per heavy atom. The maximum absolute atomic E-state index is 8.25. The van der Waals surface area contributed by atoms with Crippen molar-refractivity contribution in [1.82, 2.24) is 4.48 Å². The number of para-hydroxylation sites is 1. The summed E-state index contributed by atoms with van der Waals surface area (Å²) in [5.41, 5.74) is 6.84. The molecule has 0 unspecified atom stereocenters. The van der Waals surface area contributed by atoms with E-state index in [0.29, 0.717) is 0 Å². The lowest BCUT2D eigenvalue weighted by Gasteiger charge is -2.28. The number of rotatable bonds is 3. The first-order valence-corrected chi connectivity index (χ1v) is 7.14. The highest BCUT2D eigenvalue weighted by Crippen LogP contribution is 2.16. The van der Waals surface area contributed by atoms with Crippen molar-refractivity contribution in [3.05, 3.63) is 61.0 Å². The van der Waals surface area contributed by atoms with Gasteiger partial charge in [-0.2, -0.15) is 0 Å². The number of likely N-dealkylation sites (N-methyl/N-ethyl adjacent to an activating group) is 1. The molecule has 1 rings (SSSR count). The van der Waals surface area contributed by atoms with Gasteiger partial charge in [0, 0.05) is 6.54 Å². The van der Waals surface area contributed by atoms with Crippen LogP contribution in [0, 0.1) is 30.6 Å². The Labute approximate surface area is 147 Å². The molecule has 0 fully saturated rings. The van der Waals surface area contributed by atoms with E-state index in [1.807, 2.05) is 6.07 Å². The van der Waals surface area contributed by atoms with E-state index in [1.54, 1.807) is 0 Å². The second-order valence-electron chi connectivity index (χ2n) is 6.66. The lowest BCUT2D eigenvalue weighted by Crippen LogP contribution is -2.44. The molecule has 25 heavy (non-hydrogen) atoms. The molecule has 0 bridgehead atoms. The highest BCUT2D eigenvalue weighted by atomic mass is 16.9. The van der Waals surface area contributed by atoms with Crippen LogP contribution in [0.2, 0.25) is 0 Å². The van der Waals surface area contributed by atoms with Crippen molar-refractivity contribution in [1.29, 1.82) is 0 Å². The van der Waals surface area contributed by atoms with Crippen molar-refractivity contribution in [2.75, 3.05) is 55.4 Å². The molecule has 0 saturated heterocycles. The first-order chi connectivity index (χ1) is 11.1. The van der Waals surface area contributed by atoms with Gasteiger partial charge in [0.1, 0.15) is 5.69 Å². The van der Waals surface area contributed by atoms with Gasteiger partial charge in [-0.05, 0) is 12.1 Å². The molecule has 1 aromatic rings. The Morgan fingerprint density at radius 3 is 1.36 bits per heavy atom. The molecule has 0 aromatic heterocycles. The third-order valence-corrected chi connectivity index (χ3v) is 2.14. The zero-order chi connectivity index (χ0) is 20.7. The van der Waals surface area contributed by atoms with Crippen LogP contribution < -0.4 is 10.2 Å². The number of quaternary nitrogens is 2. The summed E-state index contributed by atoms with van der Waals surface area (Å²) in [5, 5.41) is 29.5. The Morgan fingerprint density at radius 2 is 1.12 bits per heavy atom. The molecule has 146 valence electrons. The van der Waals surface area contributed by atoms with E-state index in [1.165, 1.54) is 5.69 Å². The van der Waals surface area contributed by atoms with E-state index in [-0.39, 0.29) is 0 Å². The van der Waals surface area contributed by atoms with E-state index >= 15 is 0 Å². The van der Waals surface area contributed by atoms with Gasteiger partial charge in [-0.1, -0.05) is 18.2 Å². The summed E-state index contributed by atoms with van der Waals surface area (Å²) in [6, 6.07) is 10.4. The van der Waals surface area contributed by atoms with Crippen molar-refractivity contribution in [2.24, 2.45) is 5.73 Å². The SMILES string of the molecule is C[N+](C)(C)C.C[N+](C)(CCN)c1ccccc1.O=[N+]([O-])[O-].O=[N+]([O-])[O-]. The Hall–Kier alpha value is -2.50. The largest absolute Gasteiger partial charge is 0.356 e. The first-order valence-electron chi connectivity index (χ1n) is 7.14. The Balaban J connectivity index is -0.000000310. The summed E-state index contributed by atoms with van der Waals surface area (Å²) < 4.78 is 1.86. The molecule has 11 nitrogen and oxygen atoms in total. The summed E-state index contributed by atoms with van der Waals surface area (Å²) in [6.45, 7) is 1.70. The molecule has 11 heteroatoms. The van der Waals surface area contributed by atoms with Gasteiger partial charge in [0.15, 0.2) is 0 Å². The third-order valence-electron chi connectivity index (χ3n) is 2.14. The standard InChI is InChI=1S/C10H17N2.C4H12N.2NO3/c1-12(2,9-8-11)10-6-4-3-5-7-10;1-5(2,3)4;2*2-1(3)4/h3-7H,8-9,11H2,1-2H3;1-4H3;;/q2*+1;2*-1. The van der Waals surface area contributed by atoms with Gasteiger partial charge in [-0.25, -0.2) is 0 Å². The fraction of sp³-hybridized carbons (Fsp3) is 0.571. The van der Waals surface area contributed by atoms with E-state index in [0.717, 1.165) is 22.1 Å². The summed E-state index contributed by atoms with van der Waals surface area (Å²) in [4.78, 5) is 16.5. The number of nitrogens with zero attached hydrogens (tertiary/aromatic N) is 4. The summed E-state index contributed by atoms with van der Waals surface area (Å²) >= 11 is 0. The average molecular weight is 363 g/mol. The van der Waals surface area contributed by atoms with Crippen molar-refractivity contribution in [3.63, 3.8) is 0 Å². The van der Waals surface area contributed by atoms with Gasteiger partial charge in [0.2, 0.25) is 0 Å². The minimum atomic E-state index is -1.75. The third kappa shape index (κ3) is 34.0. The number of hydrogen-bond donors (Lipinski definition) is 1. The average Bonchev–Trinajstić information content (AvgIpc) is 2.36. The molecule has 1 aromatic carbocycles. The molecule has 0 aliphatic heterocycles. The Bertz CT molecular complexity index is 450. The summed E-state index contributed by atoms with van der Waals surface area (Å²) in [6.07, 6.45) is 0. The lowest BCUT2D eigenvalue weighted by molar-refractivity contribution is -0.849. The van der Waals surface area contributed by atoms with Crippen molar-refractivity contribution < 1.29 is 14.7 Å². The second-order valence-corrected chi connectivity index (χ2v) is 6.66. The van der Waals surface area contributed by atoms with Crippen LogP contribution in [0.1, 0.15) is 0 Å². The molecule has 0 radical (unpaired) electrons. The van der Waals surface area contributed by atoms with E-state index in [4.69, 9.17) is 36.4 Å². The van der Waals surface area contributed by atoms with Gasteiger partial charge >= 0.3 is 0 Å². The van der Waals surface area contributed by atoms with Crippen LogP contribution in [0.5, 0.6) is 0 Å². The van der Waals surface area contributed by atoms with Crippen LogP contribution in [0.4, 0.5) is 5.69 Å². The molecular formula is C14H29N5O6. The molecule has 0 heterocycles. The van der Waals surface area contributed by atoms with Crippen LogP contribution in [0.25, 0.3) is 0 Å². The molecule has 0 aliphatic carbocycles. The molecule has 0 atom stereocenters. The van der Waals surface area contributed by atoms with Crippen LogP contribution in [0.3, 0.4) is 0 Å². The topological polar surface area (TPSA) is 158 Å². The molecule has 0 spiro atoms. The highest BCUT2D eigenvalue weighted by molar-refractivity contribution is 5.40. The molecule has 0 amide bonds. The smallest absolute Gasteiger partial charge is 0.132 e. The number of hydrogen-bond acceptors (Lipinski definition) is 7. The fourth-order valence-electron chi connectivity index (χ4n) is 1.28. The van der Waals surface area contributed by atoms with Gasteiger partial charge < -0.3 is 40.9 Å². The van der Waals surface area contributed by atoms with Gasteiger partial charge in [0.05, 0.1) is 59.0 Å². The summed E-state index contributed by atoms with van der Waals surface area (Å²) in [7, 11) is 12.8. The predicted octanol–water partition coefficient (Wildman–Crippen LogP) is 1.06. The van der Waals surface area contributed by atoms with Crippen molar-refractivity contribution >= 4 is 5.69 Å². The monoisotopic (exact) mass is 363 g/mol. The second kappa shape index (κ2) is 13.9. The zero-order valence-corrected chi connectivity index (χ0v) is 15.6. The molecular weight excluding hydrogens is 334 g/mol. The van der Waals surface area contributed by atoms with E-state index in [9.17, 15) is 0 Å². The highest BCUT2D eigenvalue weighted by Gasteiger charge is 2.16. The normalized spacial score (nSPS) is 9.88. The molecule has 0 aliphatic rings. The minimum absolute atomic E-state index is 0.724. The van der Waals surface area contributed by atoms with Crippen LogP contribution in [0.15, 0.2) is 30.3 Å². The molecule has 2 N–H and O–H groups in total. The maximum Gasteiger partial charge on any atom is 0.132 e. The maximum atomic E-state index is 8.25. The van der Waals surface area contributed by atoms with Crippen LogP contribution in [-0.2, 0) is 0 Å². The fourth-order valence-corrected chi connectivity index (χ4v) is 1.28. The van der Waals surface area contributed by atoms with Gasteiger partial charge in [-0.3, -0.25) is 4.48 Å². The summed E-state index contributed by atoms with van der Waals surface area (Å²) in [5.74, 6) is 0. The Kier molecular flexibility index (Phi) is 15.2. The number of nitrogens with two attached hydrogens (primary N) is 1. The van der Waals surface area contributed by atoms with Crippen LogP contribution in [-0.4, -0.2) is 70.0 Å². The zero-order valence-electron chi connectivity index (χ0n) is 15.6. The quantitative estimate of drug-likeness (QED) is 0.477. The van der Waals surface area contributed by atoms with Crippen LogP contribution >= 0.6 is 0 Å². The van der Waals surface area contributed by atoms with Gasteiger partial charge in [0.25, 0.3) is 0 Å². The minimum Gasteiger partial charge on any atom is -0.356 e. The van der Waals surface area contributed by atoms with Crippen molar-refractivity contribution in [3.8, 4) is 0 Å². The molecule has 0 saturated carbocycles. The lowest BCUT2D eigenvalue weighted by atomic mass is 10.2. The first kappa shape index (κ1) is 27.4. The predicted molar refractivity (Wildman–Crippen MR) is 98.7 cm³/mol. The van der Waals surface area contributed by atoms with E-state index in [2.05, 4.69) is 66.6 Å².